The minimum atomic E-state index is -0.0124. The summed E-state index contributed by atoms with van der Waals surface area (Å²) < 4.78 is 11.1. The van der Waals surface area contributed by atoms with Crippen LogP contribution in [0.3, 0.4) is 0 Å². The molecule has 0 saturated heterocycles. The standard InChI is InChI=1S/C15H19N3O2/c1-11-8-15(18-10-17-11)16-9-12(2)20-14-7-5-4-6-13(14)19-3/h4-8,10,12H,9H2,1-3H3,(H,16,17,18). The lowest BCUT2D eigenvalue weighted by molar-refractivity contribution is 0.223. The number of rotatable bonds is 6. The van der Waals surface area contributed by atoms with E-state index < -0.39 is 0 Å². The monoisotopic (exact) mass is 273 g/mol. The summed E-state index contributed by atoms with van der Waals surface area (Å²) in [5, 5.41) is 3.23. The summed E-state index contributed by atoms with van der Waals surface area (Å²) in [4.78, 5) is 8.21. The zero-order chi connectivity index (χ0) is 14.4. The Morgan fingerprint density at radius 2 is 1.95 bits per heavy atom. The third-order valence-electron chi connectivity index (χ3n) is 2.77. The molecule has 0 fully saturated rings. The van der Waals surface area contributed by atoms with Crippen LogP contribution in [0, 0.1) is 6.92 Å². The van der Waals surface area contributed by atoms with Crippen LogP contribution in [0.25, 0.3) is 0 Å². The number of nitrogens with one attached hydrogen (secondary N) is 1. The molecular weight excluding hydrogens is 254 g/mol. The van der Waals surface area contributed by atoms with Crippen molar-refractivity contribution in [3.8, 4) is 11.5 Å². The van der Waals surface area contributed by atoms with Gasteiger partial charge in [0.2, 0.25) is 0 Å². The van der Waals surface area contributed by atoms with E-state index >= 15 is 0 Å². The highest BCUT2D eigenvalue weighted by atomic mass is 16.5. The van der Waals surface area contributed by atoms with E-state index in [9.17, 15) is 0 Å². The molecule has 0 amide bonds. The maximum atomic E-state index is 5.86. The van der Waals surface area contributed by atoms with E-state index in [1.165, 1.54) is 0 Å². The van der Waals surface area contributed by atoms with Gasteiger partial charge in [0.05, 0.1) is 13.7 Å². The molecule has 1 aromatic heterocycles. The molecule has 1 aromatic carbocycles. The lowest BCUT2D eigenvalue weighted by atomic mass is 10.3. The molecule has 1 heterocycles. The number of anilines is 1. The second-order valence-electron chi connectivity index (χ2n) is 4.50. The molecule has 0 spiro atoms. The largest absolute Gasteiger partial charge is 0.493 e. The van der Waals surface area contributed by atoms with Gasteiger partial charge in [-0.3, -0.25) is 0 Å². The molecule has 0 aliphatic rings. The second kappa shape index (κ2) is 6.75. The van der Waals surface area contributed by atoms with Gasteiger partial charge in [0.15, 0.2) is 11.5 Å². The number of benzene rings is 1. The number of aromatic nitrogens is 2. The molecule has 2 aromatic rings. The summed E-state index contributed by atoms with van der Waals surface area (Å²) >= 11 is 0. The number of para-hydroxylation sites is 2. The molecule has 1 unspecified atom stereocenters. The van der Waals surface area contributed by atoms with E-state index in [-0.39, 0.29) is 6.10 Å². The highest BCUT2D eigenvalue weighted by molar-refractivity contribution is 5.39. The van der Waals surface area contributed by atoms with Gasteiger partial charge in [-0.25, -0.2) is 9.97 Å². The molecular formula is C15H19N3O2. The maximum absolute atomic E-state index is 5.86. The third-order valence-corrected chi connectivity index (χ3v) is 2.77. The molecule has 1 atom stereocenters. The van der Waals surface area contributed by atoms with Crippen molar-refractivity contribution in [2.24, 2.45) is 0 Å². The van der Waals surface area contributed by atoms with Gasteiger partial charge in [0.25, 0.3) is 0 Å². The number of nitrogens with zero attached hydrogens (tertiary/aromatic N) is 2. The van der Waals surface area contributed by atoms with E-state index in [2.05, 4.69) is 15.3 Å². The fourth-order valence-electron chi connectivity index (χ4n) is 1.77. The van der Waals surface area contributed by atoms with Gasteiger partial charge in [-0.2, -0.15) is 0 Å². The Bertz CT molecular complexity index is 560. The molecule has 0 radical (unpaired) electrons. The van der Waals surface area contributed by atoms with Gasteiger partial charge >= 0.3 is 0 Å². The van der Waals surface area contributed by atoms with Crippen LogP contribution in [0.5, 0.6) is 11.5 Å². The van der Waals surface area contributed by atoms with Crippen molar-refractivity contribution >= 4 is 5.82 Å². The Balaban J connectivity index is 1.91. The van der Waals surface area contributed by atoms with Gasteiger partial charge in [0, 0.05) is 11.8 Å². The average molecular weight is 273 g/mol. The lowest BCUT2D eigenvalue weighted by Crippen LogP contribution is -2.23. The third kappa shape index (κ3) is 3.85. The van der Waals surface area contributed by atoms with Gasteiger partial charge in [-0.15, -0.1) is 0 Å². The van der Waals surface area contributed by atoms with Crippen LogP contribution < -0.4 is 14.8 Å². The molecule has 106 valence electrons. The second-order valence-corrected chi connectivity index (χ2v) is 4.50. The first kappa shape index (κ1) is 14.1. The summed E-state index contributed by atoms with van der Waals surface area (Å²) in [7, 11) is 1.63. The van der Waals surface area contributed by atoms with E-state index in [1.807, 2.05) is 44.2 Å². The molecule has 2 rings (SSSR count). The van der Waals surface area contributed by atoms with E-state index in [4.69, 9.17) is 9.47 Å². The van der Waals surface area contributed by atoms with E-state index in [0.29, 0.717) is 6.54 Å². The minimum Gasteiger partial charge on any atom is -0.493 e. The molecule has 0 saturated carbocycles. The van der Waals surface area contributed by atoms with Gasteiger partial charge in [-0.05, 0) is 26.0 Å². The van der Waals surface area contributed by atoms with Gasteiger partial charge < -0.3 is 14.8 Å². The van der Waals surface area contributed by atoms with Crippen LogP contribution >= 0.6 is 0 Å². The lowest BCUT2D eigenvalue weighted by Gasteiger charge is -2.17. The molecule has 0 aliphatic heterocycles. The van der Waals surface area contributed by atoms with E-state index in [0.717, 1.165) is 23.0 Å². The first-order valence-electron chi connectivity index (χ1n) is 6.51. The molecule has 20 heavy (non-hydrogen) atoms. The van der Waals surface area contributed by atoms with Crippen molar-refractivity contribution in [3.05, 3.63) is 42.4 Å². The summed E-state index contributed by atoms with van der Waals surface area (Å²) in [6.45, 7) is 4.57. The highest BCUT2D eigenvalue weighted by Crippen LogP contribution is 2.26. The van der Waals surface area contributed by atoms with Crippen LogP contribution in [0.2, 0.25) is 0 Å². The predicted octanol–water partition coefficient (Wildman–Crippen LogP) is 2.67. The van der Waals surface area contributed by atoms with Crippen LogP contribution in [0.15, 0.2) is 36.7 Å². The van der Waals surface area contributed by atoms with Gasteiger partial charge in [0.1, 0.15) is 18.2 Å². The van der Waals surface area contributed by atoms with Crippen LogP contribution in [-0.2, 0) is 0 Å². The first-order valence-corrected chi connectivity index (χ1v) is 6.51. The molecule has 0 bridgehead atoms. The summed E-state index contributed by atoms with van der Waals surface area (Å²) in [6, 6.07) is 9.51. The predicted molar refractivity (Wildman–Crippen MR) is 78.3 cm³/mol. The minimum absolute atomic E-state index is 0.0124. The number of methoxy groups -OCH3 is 1. The van der Waals surface area contributed by atoms with Crippen LogP contribution in [-0.4, -0.2) is 29.7 Å². The van der Waals surface area contributed by atoms with Crippen molar-refractivity contribution in [3.63, 3.8) is 0 Å². The van der Waals surface area contributed by atoms with Crippen molar-refractivity contribution in [1.29, 1.82) is 0 Å². The molecule has 1 N–H and O–H groups in total. The Hall–Kier alpha value is -2.30. The fourth-order valence-corrected chi connectivity index (χ4v) is 1.77. The zero-order valence-corrected chi connectivity index (χ0v) is 12.0. The summed E-state index contributed by atoms with van der Waals surface area (Å²) in [5.41, 5.74) is 0.931. The fraction of sp³-hybridized carbons (Fsp3) is 0.333. The van der Waals surface area contributed by atoms with Gasteiger partial charge in [-0.1, -0.05) is 12.1 Å². The number of hydrogen-bond acceptors (Lipinski definition) is 5. The smallest absolute Gasteiger partial charge is 0.161 e. The summed E-state index contributed by atoms with van der Waals surface area (Å²) in [6.07, 6.45) is 1.53. The number of ether oxygens (including phenoxy) is 2. The number of hydrogen-bond donors (Lipinski definition) is 1. The van der Waals surface area contributed by atoms with Crippen molar-refractivity contribution in [1.82, 2.24) is 9.97 Å². The average Bonchev–Trinajstić information content (AvgIpc) is 2.46. The first-order chi connectivity index (χ1) is 9.69. The quantitative estimate of drug-likeness (QED) is 0.877. The van der Waals surface area contributed by atoms with Crippen molar-refractivity contribution in [2.75, 3.05) is 19.0 Å². The highest BCUT2D eigenvalue weighted by Gasteiger charge is 2.08. The Labute approximate surface area is 119 Å². The van der Waals surface area contributed by atoms with Crippen LogP contribution in [0.1, 0.15) is 12.6 Å². The maximum Gasteiger partial charge on any atom is 0.161 e. The topological polar surface area (TPSA) is 56.3 Å². The molecule has 0 aliphatic carbocycles. The van der Waals surface area contributed by atoms with Crippen LogP contribution in [0.4, 0.5) is 5.82 Å². The molecule has 5 heteroatoms. The Kier molecular flexibility index (Phi) is 4.76. The zero-order valence-electron chi connectivity index (χ0n) is 12.0. The normalized spacial score (nSPS) is 11.8. The Morgan fingerprint density at radius 1 is 1.20 bits per heavy atom. The van der Waals surface area contributed by atoms with Crippen molar-refractivity contribution < 1.29 is 9.47 Å². The Morgan fingerprint density at radius 3 is 2.65 bits per heavy atom. The SMILES string of the molecule is COc1ccccc1OC(C)CNc1cc(C)ncn1. The number of aryl methyl sites for hydroxylation is 1. The summed E-state index contributed by atoms with van der Waals surface area (Å²) in [5.74, 6) is 2.27. The molecule has 5 nitrogen and oxygen atoms in total. The van der Waals surface area contributed by atoms with E-state index in [1.54, 1.807) is 13.4 Å². The van der Waals surface area contributed by atoms with Crippen molar-refractivity contribution in [2.45, 2.75) is 20.0 Å².